The van der Waals surface area contributed by atoms with Gasteiger partial charge in [0, 0.05) is 0 Å². The van der Waals surface area contributed by atoms with E-state index in [0.717, 1.165) is 5.69 Å². The maximum Gasteiger partial charge on any atom is 0.290 e. The average molecular weight is 395 g/mol. The number of hydrogen-bond acceptors (Lipinski definition) is 6. The molecule has 1 aromatic carbocycles. The molecule has 10 heteroatoms. The van der Waals surface area contributed by atoms with Gasteiger partial charge >= 0.3 is 0 Å². The van der Waals surface area contributed by atoms with E-state index in [1.807, 2.05) is 18.2 Å². The summed E-state index contributed by atoms with van der Waals surface area (Å²) in [5, 5.41) is 12.1. The summed E-state index contributed by atoms with van der Waals surface area (Å²) in [5.41, 5.74) is 11.5. The van der Waals surface area contributed by atoms with E-state index in [-0.39, 0.29) is 12.4 Å². The Morgan fingerprint density at radius 2 is 1.50 bits per heavy atom. The van der Waals surface area contributed by atoms with E-state index in [1.165, 1.54) is 6.92 Å². The average Bonchev–Trinajstić information content (AvgIpc) is 2.64. The lowest BCUT2D eigenvalue weighted by molar-refractivity contribution is -0.132. The number of hydrazine groups is 1. The van der Waals surface area contributed by atoms with E-state index >= 15 is 0 Å². The van der Waals surface area contributed by atoms with E-state index in [9.17, 15) is 14.4 Å². The van der Waals surface area contributed by atoms with E-state index in [4.69, 9.17) is 15.6 Å². The zero-order valence-corrected chi connectivity index (χ0v) is 16.4. The molecule has 10 nitrogen and oxygen atoms in total. The third kappa shape index (κ3) is 9.53. The number of rotatable bonds is 8. The lowest BCUT2D eigenvalue weighted by atomic mass is 10.0. The second-order valence-corrected chi connectivity index (χ2v) is 6.33. The molecule has 0 fully saturated rings. The zero-order chi connectivity index (χ0) is 21.7. The van der Waals surface area contributed by atoms with Crippen LogP contribution in [-0.4, -0.2) is 47.4 Å². The van der Waals surface area contributed by atoms with Crippen LogP contribution in [0.1, 0.15) is 27.7 Å². The van der Waals surface area contributed by atoms with Crippen molar-refractivity contribution in [3.8, 4) is 0 Å². The van der Waals surface area contributed by atoms with Crippen LogP contribution in [0.2, 0.25) is 0 Å². The Labute approximate surface area is 164 Å². The van der Waals surface area contributed by atoms with Gasteiger partial charge in [-0.3, -0.25) is 30.0 Å². The third-order valence-corrected chi connectivity index (χ3v) is 3.52. The summed E-state index contributed by atoms with van der Waals surface area (Å²) in [6.07, 6.45) is 0. The molecule has 156 valence electrons. The first kappa shape index (κ1) is 24.9. The second kappa shape index (κ2) is 13.1. The zero-order valence-electron chi connectivity index (χ0n) is 16.4. The highest BCUT2D eigenvalue weighted by molar-refractivity contribution is 5.93. The molecular weight excluding hydrogens is 366 g/mol. The molecule has 3 amide bonds. The number of amides is 3. The molecule has 1 rings (SSSR count). The van der Waals surface area contributed by atoms with Crippen molar-refractivity contribution in [2.24, 2.45) is 11.7 Å². The molecule has 28 heavy (non-hydrogen) atoms. The lowest BCUT2D eigenvalue weighted by Crippen LogP contribution is -2.56. The van der Waals surface area contributed by atoms with E-state index < -0.39 is 35.8 Å². The molecule has 0 aromatic heterocycles. The van der Waals surface area contributed by atoms with Crippen LogP contribution >= 0.6 is 0 Å². The summed E-state index contributed by atoms with van der Waals surface area (Å²) in [6, 6.07) is 6.84. The summed E-state index contributed by atoms with van der Waals surface area (Å²) >= 11 is 0. The fourth-order valence-corrected chi connectivity index (χ4v) is 1.95. The van der Waals surface area contributed by atoms with Crippen molar-refractivity contribution in [1.29, 1.82) is 0 Å². The smallest absolute Gasteiger partial charge is 0.290 e. The van der Waals surface area contributed by atoms with Gasteiger partial charge in [0.25, 0.3) is 12.4 Å². The molecule has 1 aromatic rings. The number of para-hydroxylation sites is 1. The van der Waals surface area contributed by atoms with Crippen molar-refractivity contribution in [2.45, 2.75) is 45.8 Å². The van der Waals surface area contributed by atoms with Crippen molar-refractivity contribution in [2.75, 3.05) is 5.43 Å². The Balaban J connectivity index is 0.00000227. The first-order chi connectivity index (χ1) is 13.1. The van der Waals surface area contributed by atoms with Gasteiger partial charge in [-0.15, -0.1) is 0 Å². The SMILES string of the molecule is CC(C)[C@H](NC(=O)[C@H](C)N)C(=O)N[C@@H](C)C(=O)NNc1ccccc1.O=CO. The fraction of sp³-hybridized carbons (Fsp3) is 0.444. The number of nitrogens with two attached hydrogens (primary N) is 1. The van der Waals surface area contributed by atoms with E-state index in [1.54, 1.807) is 32.9 Å². The molecule has 0 spiro atoms. The van der Waals surface area contributed by atoms with Crippen LogP contribution in [0, 0.1) is 5.92 Å². The predicted octanol–water partition coefficient (Wildman–Crippen LogP) is -0.177. The molecule has 0 aliphatic rings. The van der Waals surface area contributed by atoms with Crippen molar-refractivity contribution in [3.63, 3.8) is 0 Å². The van der Waals surface area contributed by atoms with Crippen molar-refractivity contribution >= 4 is 29.9 Å². The van der Waals surface area contributed by atoms with Crippen molar-refractivity contribution in [1.82, 2.24) is 16.1 Å². The molecule has 0 radical (unpaired) electrons. The lowest BCUT2D eigenvalue weighted by Gasteiger charge is -2.24. The molecule has 0 saturated carbocycles. The van der Waals surface area contributed by atoms with Gasteiger partial charge in [-0.2, -0.15) is 0 Å². The van der Waals surface area contributed by atoms with Crippen LogP contribution in [0.25, 0.3) is 0 Å². The van der Waals surface area contributed by atoms with Gasteiger partial charge < -0.3 is 21.5 Å². The van der Waals surface area contributed by atoms with Crippen molar-refractivity contribution < 1.29 is 24.3 Å². The van der Waals surface area contributed by atoms with Crippen LogP contribution in [0.15, 0.2) is 30.3 Å². The predicted molar refractivity (Wildman–Crippen MR) is 105 cm³/mol. The molecule has 0 aliphatic carbocycles. The number of hydrogen-bond donors (Lipinski definition) is 6. The Morgan fingerprint density at radius 3 is 1.96 bits per heavy atom. The van der Waals surface area contributed by atoms with E-state index in [2.05, 4.69) is 21.5 Å². The minimum absolute atomic E-state index is 0.152. The molecular formula is C18H29N5O5. The number of anilines is 1. The minimum atomic E-state index is -0.780. The summed E-state index contributed by atoms with van der Waals surface area (Å²) in [4.78, 5) is 44.5. The standard InChI is InChI=1S/C17H27N5O3.CH2O2/c1-10(2)14(20-15(23)11(3)18)17(25)19-12(4)16(24)22-21-13-8-6-5-7-9-13;2-1-3/h5-12,14,21H,18H2,1-4H3,(H,19,25)(H,20,23)(H,22,24);1H,(H,2,3)/t11-,12-,14-;/m0./s1. The first-order valence-corrected chi connectivity index (χ1v) is 8.69. The quantitative estimate of drug-likeness (QED) is 0.263. The number of carbonyl (C=O) groups is 4. The molecule has 0 aliphatic heterocycles. The van der Waals surface area contributed by atoms with Gasteiger partial charge in [-0.25, -0.2) is 0 Å². The molecule has 3 atom stereocenters. The minimum Gasteiger partial charge on any atom is -0.483 e. The summed E-state index contributed by atoms with van der Waals surface area (Å²) < 4.78 is 0. The van der Waals surface area contributed by atoms with Crippen LogP contribution in [-0.2, 0) is 19.2 Å². The molecule has 0 bridgehead atoms. The number of nitrogens with one attached hydrogen (secondary N) is 4. The van der Waals surface area contributed by atoms with E-state index in [0.29, 0.717) is 0 Å². The topological polar surface area (TPSA) is 163 Å². The second-order valence-electron chi connectivity index (χ2n) is 6.33. The van der Waals surface area contributed by atoms with Gasteiger partial charge in [0.15, 0.2) is 0 Å². The number of carboxylic acid groups (broad SMARTS) is 1. The third-order valence-electron chi connectivity index (χ3n) is 3.52. The maximum atomic E-state index is 12.4. The van der Waals surface area contributed by atoms with Gasteiger partial charge in [-0.1, -0.05) is 32.0 Å². The van der Waals surface area contributed by atoms with Crippen molar-refractivity contribution in [3.05, 3.63) is 30.3 Å². The molecule has 0 saturated heterocycles. The summed E-state index contributed by atoms with van der Waals surface area (Å²) in [7, 11) is 0. The number of carbonyl (C=O) groups excluding carboxylic acids is 3. The van der Waals surface area contributed by atoms with Gasteiger partial charge in [0.1, 0.15) is 12.1 Å². The Bertz CT molecular complexity index is 637. The van der Waals surface area contributed by atoms with Gasteiger partial charge in [0.2, 0.25) is 11.8 Å². The number of benzene rings is 1. The fourth-order valence-electron chi connectivity index (χ4n) is 1.95. The van der Waals surface area contributed by atoms with Gasteiger partial charge in [0.05, 0.1) is 11.7 Å². The van der Waals surface area contributed by atoms with Gasteiger partial charge in [-0.05, 0) is 31.9 Å². The largest absolute Gasteiger partial charge is 0.483 e. The van der Waals surface area contributed by atoms with Crippen LogP contribution < -0.4 is 27.2 Å². The molecule has 0 unspecified atom stereocenters. The molecule has 0 heterocycles. The van der Waals surface area contributed by atoms with Crippen LogP contribution in [0.5, 0.6) is 0 Å². The highest BCUT2D eigenvalue weighted by Crippen LogP contribution is 2.04. The maximum absolute atomic E-state index is 12.4. The van der Waals surface area contributed by atoms with Crippen LogP contribution in [0.3, 0.4) is 0 Å². The first-order valence-electron chi connectivity index (χ1n) is 8.69. The monoisotopic (exact) mass is 395 g/mol. The highest BCUT2D eigenvalue weighted by Gasteiger charge is 2.27. The Hall–Kier alpha value is -3.14. The Morgan fingerprint density at radius 1 is 0.964 bits per heavy atom. The summed E-state index contributed by atoms with van der Waals surface area (Å²) in [6.45, 7) is 6.45. The summed E-state index contributed by atoms with van der Waals surface area (Å²) in [5.74, 6) is -1.42. The highest BCUT2D eigenvalue weighted by atomic mass is 16.3. The molecule has 7 N–H and O–H groups in total. The Kier molecular flexibility index (Phi) is 11.6. The van der Waals surface area contributed by atoms with Crippen LogP contribution in [0.4, 0.5) is 5.69 Å². The normalized spacial score (nSPS) is 13.1.